The van der Waals surface area contributed by atoms with Crippen LogP contribution in [0.15, 0.2) is 18.5 Å². The van der Waals surface area contributed by atoms with Crippen molar-refractivity contribution in [2.75, 3.05) is 13.7 Å². The SMILES string of the molecule is COC(=O)C(I)CNCc1ccncc1Cl. The number of methoxy groups -OCH3 is 1. The van der Waals surface area contributed by atoms with Gasteiger partial charge in [-0.25, -0.2) is 0 Å². The first-order valence-electron chi connectivity index (χ1n) is 4.66. The van der Waals surface area contributed by atoms with Crippen molar-refractivity contribution in [1.82, 2.24) is 10.3 Å². The number of aromatic nitrogens is 1. The molecule has 1 heterocycles. The van der Waals surface area contributed by atoms with Crippen molar-refractivity contribution >= 4 is 40.2 Å². The van der Waals surface area contributed by atoms with Gasteiger partial charge in [-0.1, -0.05) is 34.2 Å². The molecule has 1 atom stereocenters. The van der Waals surface area contributed by atoms with E-state index in [9.17, 15) is 4.79 Å². The topological polar surface area (TPSA) is 51.2 Å². The maximum Gasteiger partial charge on any atom is 0.319 e. The first-order valence-corrected chi connectivity index (χ1v) is 6.28. The Bertz CT molecular complexity index is 362. The Hall–Kier alpha value is -0.400. The summed E-state index contributed by atoms with van der Waals surface area (Å²) in [5.41, 5.74) is 0.963. The fourth-order valence-electron chi connectivity index (χ4n) is 1.09. The van der Waals surface area contributed by atoms with Gasteiger partial charge in [0.1, 0.15) is 3.92 Å². The molecule has 1 N–H and O–H groups in total. The molecule has 0 fully saturated rings. The van der Waals surface area contributed by atoms with Crippen LogP contribution in [0.5, 0.6) is 0 Å². The average molecular weight is 355 g/mol. The quantitative estimate of drug-likeness (QED) is 0.498. The van der Waals surface area contributed by atoms with Gasteiger partial charge in [-0.05, 0) is 11.6 Å². The van der Waals surface area contributed by atoms with Crippen LogP contribution in [0.4, 0.5) is 0 Å². The lowest BCUT2D eigenvalue weighted by Gasteiger charge is -2.09. The number of hydrogen-bond acceptors (Lipinski definition) is 4. The number of carbonyl (C=O) groups excluding carboxylic acids is 1. The molecule has 6 heteroatoms. The van der Waals surface area contributed by atoms with Crippen molar-refractivity contribution in [2.24, 2.45) is 0 Å². The summed E-state index contributed by atoms with van der Waals surface area (Å²) >= 11 is 7.97. The van der Waals surface area contributed by atoms with Gasteiger partial charge in [0.05, 0.1) is 12.1 Å². The second kappa shape index (κ2) is 7.03. The Morgan fingerprint density at radius 3 is 3.12 bits per heavy atom. The zero-order valence-electron chi connectivity index (χ0n) is 8.74. The lowest BCUT2D eigenvalue weighted by Crippen LogP contribution is -2.29. The minimum atomic E-state index is -0.228. The summed E-state index contributed by atoms with van der Waals surface area (Å²) in [4.78, 5) is 15.0. The fraction of sp³-hybridized carbons (Fsp3) is 0.400. The molecule has 1 rings (SSSR count). The van der Waals surface area contributed by atoms with Gasteiger partial charge in [-0.2, -0.15) is 0 Å². The van der Waals surface area contributed by atoms with Crippen molar-refractivity contribution < 1.29 is 9.53 Å². The van der Waals surface area contributed by atoms with Gasteiger partial charge < -0.3 is 10.1 Å². The van der Waals surface area contributed by atoms with E-state index in [1.807, 2.05) is 28.7 Å². The molecule has 0 saturated carbocycles. The molecule has 0 radical (unpaired) electrons. The molecule has 0 aliphatic rings. The molecular formula is C10H12ClIN2O2. The molecule has 0 aromatic carbocycles. The third kappa shape index (κ3) is 4.23. The van der Waals surface area contributed by atoms with E-state index in [2.05, 4.69) is 15.0 Å². The lowest BCUT2D eigenvalue weighted by molar-refractivity contribution is -0.139. The predicted octanol–water partition coefficient (Wildman–Crippen LogP) is 1.80. The zero-order valence-corrected chi connectivity index (χ0v) is 11.7. The highest BCUT2D eigenvalue weighted by molar-refractivity contribution is 14.1. The summed E-state index contributed by atoms with van der Waals surface area (Å²) in [6.45, 7) is 1.16. The second-order valence-corrected chi connectivity index (χ2v) is 5.00. The van der Waals surface area contributed by atoms with Gasteiger partial charge >= 0.3 is 5.97 Å². The largest absolute Gasteiger partial charge is 0.468 e. The number of nitrogens with one attached hydrogen (secondary N) is 1. The number of esters is 1. The first-order chi connectivity index (χ1) is 7.65. The molecule has 0 saturated heterocycles. The average Bonchev–Trinajstić information content (AvgIpc) is 2.30. The summed E-state index contributed by atoms with van der Waals surface area (Å²) in [5.74, 6) is -0.228. The molecule has 1 aromatic rings. The van der Waals surface area contributed by atoms with Crippen LogP contribution in [0.1, 0.15) is 5.56 Å². The van der Waals surface area contributed by atoms with Crippen LogP contribution in [0.3, 0.4) is 0 Å². The van der Waals surface area contributed by atoms with Crippen LogP contribution in [-0.4, -0.2) is 28.5 Å². The Morgan fingerprint density at radius 2 is 2.50 bits per heavy atom. The van der Waals surface area contributed by atoms with Crippen LogP contribution >= 0.6 is 34.2 Å². The molecule has 1 aromatic heterocycles. The highest BCUT2D eigenvalue weighted by atomic mass is 127. The Kier molecular flexibility index (Phi) is 6.00. The van der Waals surface area contributed by atoms with E-state index in [1.54, 1.807) is 12.4 Å². The van der Waals surface area contributed by atoms with Crippen LogP contribution in [0.2, 0.25) is 5.02 Å². The van der Waals surface area contributed by atoms with Gasteiger partial charge in [-0.3, -0.25) is 9.78 Å². The van der Waals surface area contributed by atoms with E-state index in [1.165, 1.54) is 7.11 Å². The molecule has 0 spiro atoms. The normalized spacial score (nSPS) is 12.2. The van der Waals surface area contributed by atoms with Crippen LogP contribution in [0.25, 0.3) is 0 Å². The number of rotatable bonds is 5. The minimum Gasteiger partial charge on any atom is -0.468 e. The molecular weight excluding hydrogens is 342 g/mol. The van der Waals surface area contributed by atoms with Crippen molar-refractivity contribution in [3.8, 4) is 0 Å². The maximum atomic E-state index is 11.1. The number of pyridine rings is 1. The summed E-state index contributed by atoms with van der Waals surface area (Å²) in [5, 5.41) is 3.76. The van der Waals surface area contributed by atoms with Gasteiger partial charge in [0.2, 0.25) is 0 Å². The standard InChI is InChI=1S/C10H12ClIN2O2/c1-16-10(15)9(12)6-14-4-7-2-3-13-5-8(7)11/h2-3,5,9,14H,4,6H2,1H3. The van der Waals surface area contributed by atoms with Crippen LogP contribution < -0.4 is 5.32 Å². The van der Waals surface area contributed by atoms with Gasteiger partial charge in [0.15, 0.2) is 0 Å². The first kappa shape index (κ1) is 13.7. The second-order valence-electron chi connectivity index (χ2n) is 3.09. The van der Waals surface area contributed by atoms with Gasteiger partial charge in [0, 0.05) is 25.5 Å². The van der Waals surface area contributed by atoms with E-state index in [-0.39, 0.29) is 9.89 Å². The van der Waals surface area contributed by atoms with Crippen LogP contribution in [-0.2, 0) is 16.1 Å². The number of ether oxygens (including phenoxy) is 1. The highest BCUT2D eigenvalue weighted by Crippen LogP contribution is 2.12. The molecule has 0 amide bonds. The molecule has 0 aliphatic heterocycles. The van der Waals surface area contributed by atoms with E-state index in [0.717, 1.165) is 5.56 Å². The van der Waals surface area contributed by atoms with E-state index < -0.39 is 0 Å². The number of halogens is 2. The molecule has 16 heavy (non-hydrogen) atoms. The van der Waals surface area contributed by atoms with E-state index in [4.69, 9.17) is 11.6 Å². The molecule has 88 valence electrons. The van der Waals surface area contributed by atoms with Crippen LogP contribution in [0, 0.1) is 0 Å². The van der Waals surface area contributed by atoms with Gasteiger partial charge in [0.25, 0.3) is 0 Å². The molecule has 4 nitrogen and oxygen atoms in total. The Morgan fingerprint density at radius 1 is 1.75 bits per heavy atom. The molecule has 0 bridgehead atoms. The monoisotopic (exact) mass is 354 g/mol. The number of nitrogens with zero attached hydrogens (tertiary/aromatic N) is 1. The number of alkyl halides is 1. The predicted molar refractivity (Wildman–Crippen MR) is 70.8 cm³/mol. The van der Waals surface area contributed by atoms with Crippen molar-refractivity contribution in [3.05, 3.63) is 29.0 Å². The smallest absolute Gasteiger partial charge is 0.319 e. The van der Waals surface area contributed by atoms with Crippen molar-refractivity contribution in [1.29, 1.82) is 0 Å². The fourth-order valence-corrected chi connectivity index (χ4v) is 1.84. The molecule has 0 aliphatic carbocycles. The van der Waals surface area contributed by atoms with Crippen molar-refractivity contribution in [3.63, 3.8) is 0 Å². The summed E-state index contributed by atoms with van der Waals surface area (Å²) < 4.78 is 4.42. The van der Waals surface area contributed by atoms with Crippen molar-refractivity contribution in [2.45, 2.75) is 10.5 Å². The third-order valence-electron chi connectivity index (χ3n) is 1.95. The van der Waals surface area contributed by atoms with E-state index >= 15 is 0 Å². The summed E-state index contributed by atoms with van der Waals surface area (Å²) in [6.07, 6.45) is 3.28. The minimum absolute atomic E-state index is 0.191. The van der Waals surface area contributed by atoms with Gasteiger partial charge in [-0.15, -0.1) is 0 Å². The summed E-state index contributed by atoms with van der Waals surface area (Å²) in [6, 6.07) is 1.84. The molecule has 1 unspecified atom stereocenters. The Balaban J connectivity index is 2.36. The zero-order chi connectivity index (χ0) is 12.0. The lowest BCUT2D eigenvalue weighted by atomic mass is 10.2. The Labute approximate surface area is 113 Å². The third-order valence-corrected chi connectivity index (χ3v) is 3.24. The summed E-state index contributed by atoms with van der Waals surface area (Å²) in [7, 11) is 1.38. The number of hydrogen-bond donors (Lipinski definition) is 1. The number of carbonyl (C=O) groups is 1. The van der Waals surface area contributed by atoms with E-state index in [0.29, 0.717) is 18.1 Å². The highest BCUT2D eigenvalue weighted by Gasteiger charge is 2.14. The maximum absolute atomic E-state index is 11.1.